The largest absolute Gasteiger partial charge is 0.373 e. The molecule has 1 aliphatic rings. The summed E-state index contributed by atoms with van der Waals surface area (Å²) in [6, 6.07) is 1.32. The molecule has 1 atom stereocenters. The maximum atomic E-state index is 12.0. The van der Waals surface area contributed by atoms with Gasteiger partial charge in [-0.1, -0.05) is 0 Å². The molecule has 2 amide bonds. The maximum Gasteiger partial charge on any atom is 0.251 e. The van der Waals surface area contributed by atoms with Crippen molar-refractivity contribution in [1.29, 1.82) is 0 Å². The van der Waals surface area contributed by atoms with Crippen molar-refractivity contribution < 1.29 is 9.59 Å². The van der Waals surface area contributed by atoms with Gasteiger partial charge in [-0.05, 0) is 13.3 Å². The highest BCUT2D eigenvalue weighted by Gasteiger charge is 2.31. The minimum absolute atomic E-state index is 0.141. The zero-order chi connectivity index (χ0) is 14.0. The van der Waals surface area contributed by atoms with E-state index in [4.69, 9.17) is 0 Å². The van der Waals surface area contributed by atoms with E-state index in [2.05, 4.69) is 20.6 Å². The van der Waals surface area contributed by atoms with E-state index < -0.39 is 6.04 Å². The molecule has 0 aromatic carbocycles. The number of carbonyl (C=O) groups excluding carboxylic acids is 2. The summed E-state index contributed by atoms with van der Waals surface area (Å²) >= 11 is 0. The van der Waals surface area contributed by atoms with Crippen molar-refractivity contribution in [2.45, 2.75) is 25.8 Å². The van der Waals surface area contributed by atoms with Crippen molar-refractivity contribution in [3.05, 3.63) is 11.9 Å². The Morgan fingerprint density at radius 3 is 2.68 bits per heavy atom. The van der Waals surface area contributed by atoms with Crippen molar-refractivity contribution >= 4 is 23.5 Å². The summed E-state index contributed by atoms with van der Waals surface area (Å²) in [7, 11) is 3.27. The third-order valence-corrected chi connectivity index (χ3v) is 3.07. The van der Waals surface area contributed by atoms with Gasteiger partial charge >= 0.3 is 0 Å². The molecule has 7 heteroatoms. The number of aromatic nitrogens is 2. The van der Waals surface area contributed by atoms with Gasteiger partial charge in [0.05, 0.1) is 0 Å². The van der Waals surface area contributed by atoms with Crippen LogP contribution >= 0.6 is 0 Å². The van der Waals surface area contributed by atoms with Crippen molar-refractivity contribution in [3.8, 4) is 0 Å². The lowest BCUT2D eigenvalue weighted by Gasteiger charge is -2.28. The molecule has 1 aromatic heterocycles. The second kappa shape index (κ2) is 5.21. The second-order valence-corrected chi connectivity index (χ2v) is 4.46. The van der Waals surface area contributed by atoms with Gasteiger partial charge in [-0.25, -0.2) is 9.97 Å². The SMILES string of the molecule is CNc1cc(NC2CCC(=O)N(C)C2=O)nc(C)n1. The lowest BCUT2D eigenvalue weighted by Crippen LogP contribution is -2.48. The Kier molecular flexibility index (Phi) is 3.64. The van der Waals surface area contributed by atoms with E-state index in [1.807, 2.05) is 0 Å². The molecule has 1 unspecified atom stereocenters. The molecule has 0 radical (unpaired) electrons. The topological polar surface area (TPSA) is 87.2 Å². The third-order valence-electron chi connectivity index (χ3n) is 3.07. The molecule has 1 fully saturated rings. The fourth-order valence-corrected chi connectivity index (χ4v) is 2.00. The first-order valence-electron chi connectivity index (χ1n) is 6.11. The molecule has 2 N–H and O–H groups in total. The number of nitrogens with zero attached hydrogens (tertiary/aromatic N) is 3. The van der Waals surface area contributed by atoms with Gasteiger partial charge in [0.2, 0.25) is 5.91 Å². The van der Waals surface area contributed by atoms with E-state index in [1.165, 1.54) is 7.05 Å². The number of imide groups is 1. The van der Waals surface area contributed by atoms with Gasteiger partial charge in [-0.3, -0.25) is 14.5 Å². The Labute approximate surface area is 111 Å². The van der Waals surface area contributed by atoms with Crippen LogP contribution in [0.15, 0.2) is 6.07 Å². The molecule has 19 heavy (non-hydrogen) atoms. The predicted molar refractivity (Wildman–Crippen MR) is 70.7 cm³/mol. The summed E-state index contributed by atoms with van der Waals surface area (Å²) in [5, 5.41) is 5.99. The van der Waals surface area contributed by atoms with E-state index in [9.17, 15) is 9.59 Å². The molecular formula is C12H17N5O2. The fourth-order valence-electron chi connectivity index (χ4n) is 2.00. The van der Waals surface area contributed by atoms with Crippen molar-refractivity contribution in [2.75, 3.05) is 24.7 Å². The Morgan fingerprint density at radius 2 is 2.00 bits per heavy atom. The Balaban J connectivity index is 2.15. The first kappa shape index (κ1) is 13.3. The van der Waals surface area contributed by atoms with Crippen molar-refractivity contribution in [1.82, 2.24) is 14.9 Å². The predicted octanol–water partition coefficient (Wildman–Crippen LogP) is 0.386. The van der Waals surface area contributed by atoms with Crippen LogP contribution < -0.4 is 10.6 Å². The summed E-state index contributed by atoms with van der Waals surface area (Å²) < 4.78 is 0. The molecule has 7 nitrogen and oxygen atoms in total. The minimum Gasteiger partial charge on any atom is -0.373 e. The number of carbonyl (C=O) groups is 2. The van der Waals surface area contributed by atoms with Crippen LogP contribution in [0.25, 0.3) is 0 Å². The average molecular weight is 263 g/mol. The van der Waals surface area contributed by atoms with Crippen LogP contribution in [-0.4, -0.2) is 46.8 Å². The van der Waals surface area contributed by atoms with E-state index in [-0.39, 0.29) is 11.8 Å². The normalized spacial score (nSPS) is 19.5. The number of amides is 2. The summed E-state index contributed by atoms with van der Waals surface area (Å²) in [4.78, 5) is 32.9. The second-order valence-electron chi connectivity index (χ2n) is 4.46. The van der Waals surface area contributed by atoms with Crippen molar-refractivity contribution in [2.24, 2.45) is 0 Å². The highest BCUT2D eigenvalue weighted by molar-refractivity contribution is 6.01. The smallest absolute Gasteiger partial charge is 0.251 e. The van der Waals surface area contributed by atoms with Crippen molar-refractivity contribution in [3.63, 3.8) is 0 Å². The Morgan fingerprint density at radius 1 is 1.32 bits per heavy atom. The quantitative estimate of drug-likeness (QED) is 0.767. The average Bonchev–Trinajstić information content (AvgIpc) is 2.39. The summed E-state index contributed by atoms with van der Waals surface area (Å²) in [5.41, 5.74) is 0. The molecule has 2 heterocycles. The summed E-state index contributed by atoms with van der Waals surface area (Å²) in [6.07, 6.45) is 0.850. The lowest BCUT2D eigenvalue weighted by molar-refractivity contribution is -0.146. The molecule has 0 bridgehead atoms. The monoisotopic (exact) mass is 263 g/mol. The van der Waals surface area contributed by atoms with E-state index in [1.54, 1.807) is 20.0 Å². The number of aryl methyl sites for hydroxylation is 1. The van der Waals surface area contributed by atoms with Crippen LogP contribution in [0, 0.1) is 6.92 Å². The number of rotatable bonds is 3. The van der Waals surface area contributed by atoms with Gasteiger partial charge in [0.25, 0.3) is 5.91 Å². The molecule has 2 rings (SSSR count). The summed E-state index contributed by atoms with van der Waals surface area (Å²) in [6.45, 7) is 1.78. The Bertz CT molecular complexity index is 517. The minimum atomic E-state index is -0.415. The highest BCUT2D eigenvalue weighted by Crippen LogP contribution is 2.17. The zero-order valence-corrected chi connectivity index (χ0v) is 11.2. The first-order valence-corrected chi connectivity index (χ1v) is 6.11. The fraction of sp³-hybridized carbons (Fsp3) is 0.500. The van der Waals surface area contributed by atoms with Crippen LogP contribution in [0.4, 0.5) is 11.6 Å². The first-order chi connectivity index (χ1) is 9.01. The maximum absolute atomic E-state index is 12.0. The molecule has 0 saturated carbocycles. The van der Waals surface area contributed by atoms with Crippen LogP contribution in [0.5, 0.6) is 0 Å². The van der Waals surface area contributed by atoms with Gasteiger partial charge in [0, 0.05) is 26.6 Å². The summed E-state index contributed by atoms with van der Waals surface area (Å²) in [5.74, 6) is 1.51. The van der Waals surface area contributed by atoms with Gasteiger partial charge in [-0.2, -0.15) is 0 Å². The molecule has 102 valence electrons. The standard InChI is InChI=1S/C12H17N5O2/c1-7-14-9(13-2)6-10(15-7)16-8-4-5-11(18)17(3)12(8)19/h6,8H,4-5H2,1-3H3,(H2,13,14,15,16). The third kappa shape index (κ3) is 2.81. The molecule has 1 aliphatic heterocycles. The van der Waals surface area contributed by atoms with Gasteiger partial charge in [-0.15, -0.1) is 0 Å². The number of anilines is 2. The van der Waals surface area contributed by atoms with E-state index in [0.717, 1.165) is 4.90 Å². The van der Waals surface area contributed by atoms with E-state index >= 15 is 0 Å². The van der Waals surface area contributed by atoms with Gasteiger partial charge in [0.15, 0.2) is 0 Å². The lowest BCUT2D eigenvalue weighted by atomic mass is 10.0. The number of piperidine rings is 1. The van der Waals surface area contributed by atoms with Crippen LogP contribution in [-0.2, 0) is 9.59 Å². The number of likely N-dealkylation sites (N-methyl/N-ethyl adjacent to an activating group) is 1. The molecule has 1 aromatic rings. The van der Waals surface area contributed by atoms with Gasteiger partial charge in [0.1, 0.15) is 23.5 Å². The Hall–Kier alpha value is -2.18. The van der Waals surface area contributed by atoms with E-state index in [0.29, 0.717) is 30.3 Å². The highest BCUT2D eigenvalue weighted by atomic mass is 16.2. The number of hydrogen-bond donors (Lipinski definition) is 2. The number of hydrogen-bond acceptors (Lipinski definition) is 6. The van der Waals surface area contributed by atoms with Crippen LogP contribution in [0.2, 0.25) is 0 Å². The number of likely N-dealkylation sites (tertiary alicyclic amines) is 1. The van der Waals surface area contributed by atoms with Gasteiger partial charge < -0.3 is 10.6 Å². The van der Waals surface area contributed by atoms with Crippen LogP contribution in [0.1, 0.15) is 18.7 Å². The molecule has 0 spiro atoms. The molecule has 0 aliphatic carbocycles. The molecular weight excluding hydrogens is 246 g/mol. The number of nitrogens with one attached hydrogen (secondary N) is 2. The van der Waals surface area contributed by atoms with Crippen LogP contribution in [0.3, 0.4) is 0 Å². The zero-order valence-electron chi connectivity index (χ0n) is 11.2. The molecule has 1 saturated heterocycles.